The van der Waals surface area contributed by atoms with Gasteiger partial charge in [-0.2, -0.15) is 0 Å². The minimum atomic E-state index is -0.159. The molecular weight excluding hydrogens is 398 g/mol. The topological polar surface area (TPSA) is 47.6 Å². The molecular formula is C28H27NO3. The maximum absolute atomic E-state index is 13.0. The quantitative estimate of drug-likeness (QED) is 0.359. The molecule has 0 aliphatic heterocycles. The van der Waals surface area contributed by atoms with Crippen LogP contribution in [0.15, 0.2) is 78.9 Å². The van der Waals surface area contributed by atoms with E-state index >= 15 is 0 Å². The molecule has 0 saturated carbocycles. The van der Waals surface area contributed by atoms with Gasteiger partial charge in [0.1, 0.15) is 18.1 Å². The smallest absolute Gasteiger partial charge is 0.255 e. The van der Waals surface area contributed by atoms with Crippen molar-refractivity contribution in [3.05, 3.63) is 101 Å². The summed E-state index contributed by atoms with van der Waals surface area (Å²) in [6.07, 6.45) is 0. The van der Waals surface area contributed by atoms with Crippen molar-refractivity contribution in [1.82, 2.24) is 0 Å². The van der Waals surface area contributed by atoms with Gasteiger partial charge in [0.25, 0.3) is 5.91 Å². The summed E-state index contributed by atoms with van der Waals surface area (Å²) in [7, 11) is 0. The minimum Gasteiger partial charge on any atom is -0.493 e. The van der Waals surface area contributed by atoms with E-state index in [4.69, 9.17) is 9.47 Å². The Balaban J connectivity index is 1.59. The first kappa shape index (κ1) is 21.4. The lowest BCUT2D eigenvalue weighted by Crippen LogP contribution is -2.14. The first-order valence-corrected chi connectivity index (χ1v) is 10.8. The Morgan fingerprint density at radius 1 is 0.844 bits per heavy atom. The molecule has 1 amide bonds. The molecule has 32 heavy (non-hydrogen) atoms. The Labute approximate surface area is 188 Å². The van der Waals surface area contributed by atoms with Gasteiger partial charge in [0.2, 0.25) is 0 Å². The van der Waals surface area contributed by atoms with Gasteiger partial charge in [0.05, 0.1) is 6.61 Å². The maximum Gasteiger partial charge on any atom is 0.255 e. The fraction of sp³-hybridized carbons (Fsp3) is 0.179. The Kier molecular flexibility index (Phi) is 6.41. The Hall–Kier alpha value is -3.79. The monoisotopic (exact) mass is 425 g/mol. The van der Waals surface area contributed by atoms with Crippen LogP contribution >= 0.6 is 0 Å². The molecule has 4 aromatic carbocycles. The number of carbonyl (C=O) groups excluding carboxylic acids is 1. The van der Waals surface area contributed by atoms with Crippen LogP contribution in [0.5, 0.6) is 11.5 Å². The third kappa shape index (κ3) is 4.75. The summed E-state index contributed by atoms with van der Waals surface area (Å²) in [4.78, 5) is 13.0. The molecule has 0 atom stereocenters. The van der Waals surface area contributed by atoms with E-state index < -0.39 is 0 Å². The summed E-state index contributed by atoms with van der Waals surface area (Å²) in [6.45, 7) is 6.77. The molecule has 0 bridgehead atoms. The second-order valence-corrected chi connectivity index (χ2v) is 7.79. The number of nitrogens with one attached hydrogen (secondary N) is 1. The lowest BCUT2D eigenvalue weighted by atomic mass is 10.1. The Bertz CT molecular complexity index is 1260. The number of rotatable bonds is 7. The van der Waals surface area contributed by atoms with Crippen molar-refractivity contribution in [2.24, 2.45) is 0 Å². The van der Waals surface area contributed by atoms with Gasteiger partial charge in [-0.15, -0.1) is 0 Å². The number of aryl methyl sites for hydroxylation is 2. The number of ether oxygens (including phenoxy) is 2. The largest absolute Gasteiger partial charge is 0.493 e. The van der Waals surface area contributed by atoms with Gasteiger partial charge in [-0.3, -0.25) is 4.79 Å². The lowest BCUT2D eigenvalue weighted by Gasteiger charge is -2.15. The number of carbonyl (C=O) groups is 1. The van der Waals surface area contributed by atoms with E-state index in [2.05, 4.69) is 17.4 Å². The summed E-state index contributed by atoms with van der Waals surface area (Å²) in [5.74, 6) is 1.36. The fourth-order valence-electron chi connectivity index (χ4n) is 3.67. The average Bonchev–Trinajstić information content (AvgIpc) is 2.81. The van der Waals surface area contributed by atoms with E-state index in [0.717, 1.165) is 44.6 Å². The highest BCUT2D eigenvalue weighted by Gasteiger charge is 2.13. The molecule has 4 heteroatoms. The molecule has 0 saturated heterocycles. The van der Waals surface area contributed by atoms with E-state index in [9.17, 15) is 4.79 Å². The zero-order chi connectivity index (χ0) is 22.5. The summed E-state index contributed by atoms with van der Waals surface area (Å²) in [5, 5.41) is 5.20. The molecule has 1 N–H and O–H groups in total. The summed E-state index contributed by atoms with van der Waals surface area (Å²) >= 11 is 0. The lowest BCUT2D eigenvalue weighted by molar-refractivity contribution is 0.102. The second-order valence-electron chi connectivity index (χ2n) is 7.79. The molecule has 4 aromatic rings. The van der Waals surface area contributed by atoms with E-state index in [1.54, 1.807) is 6.07 Å². The highest BCUT2D eigenvalue weighted by atomic mass is 16.5. The Morgan fingerprint density at radius 2 is 1.66 bits per heavy atom. The molecule has 0 aliphatic rings. The predicted octanol–water partition coefficient (Wildman–Crippen LogP) is 6.69. The van der Waals surface area contributed by atoms with Crippen molar-refractivity contribution in [3.63, 3.8) is 0 Å². The Morgan fingerprint density at radius 3 is 2.50 bits per heavy atom. The van der Waals surface area contributed by atoms with Crippen molar-refractivity contribution >= 4 is 22.4 Å². The van der Waals surface area contributed by atoms with Crippen molar-refractivity contribution in [2.45, 2.75) is 27.4 Å². The standard InChI is InChI=1S/C28H27NO3/c1-4-31-26-15-14-22(28(30)29-25-16-19(2)12-13-20(25)3)17-23(26)18-32-27-11-7-9-21-8-5-6-10-24(21)27/h5-17H,4,18H2,1-3H3,(H,29,30). The van der Waals surface area contributed by atoms with E-state index in [-0.39, 0.29) is 5.91 Å². The molecule has 4 nitrogen and oxygen atoms in total. The normalized spacial score (nSPS) is 10.7. The molecule has 0 spiro atoms. The molecule has 0 radical (unpaired) electrons. The van der Waals surface area contributed by atoms with E-state index in [1.807, 2.05) is 81.4 Å². The number of anilines is 1. The molecule has 0 aromatic heterocycles. The first-order chi connectivity index (χ1) is 15.5. The van der Waals surface area contributed by atoms with Gasteiger partial charge in [0, 0.05) is 22.2 Å². The van der Waals surface area contributed by atoms with Crippen LogP contribution in [0.25, 0.3) is 10.8 Å². The molecule has 0 fully saturated rings. The van der Waals surface area contributed by atoms with Gasteiger partial charge in [-0.1, -0.05) is 48.5 Å². The number of benzene rings is 4. The third-order valence-corrected chi connectivity index (χ3v) is 5.40. The highest BCUT2D eigenvalue weighted by molar-refractivity contribution is 6.05. The van der Waals surface area contributed by atoms with E-state index in [1.165, 1.54) is 0 Å². The zero-order valence-corrected chi connectivity index (χ0v) is 18.6. The fourth-order valence-corrected chi connectivity index (χ4v) is 3.67. The molecule has 0 unspecified atom stereocenters. The van der Waals surface area contributed by atoms with Crippen LogP contribution in [0.2, 0.25) is 0 Å². The van der Waals surface area contributed by atoms with Crippen LogP contribution in [0.1, 0.15) is 34.0 Å². The van der Waals surface area contributed by atoms with Crippen molar-refractivity contribution in [2.75, 3.05) is 11.9 Å². The van der Waals surface area contributed by atoms with E-state index in [0.29, 0.717) is 18.8 Å². The van der Waals surface area contributed by atoms with Crippen molar-refractivity contribution in [1.29, 1.82) is 0 Å². The van der Waals surface area contributed by atoms with Crippen LogP contribution in [-0.2, 0) is 6.61 Å². The highest BCUT2D eigenvalue weighted by Crippen LogP contribution is 2.28. The number of fused-ring (bicyclic) bond motifs is 1. The van der Waals surface area contributed by atoms with Crippen LogP contribution in [0, 0.1) is 13.8 Å². The minimum absolute atomic E-state index is 0.159. The predicted molar refractivity (Wildman–Crippen MR) is 130 cm³/mol. The summed E-state index contributed by atoms with van der Waals surface area (Å²) < 4.78 is 12.0. The van der Waals surface area contributed by atoms with Gasteiger partial charge < -0.3 is 14.8 Å². The van der Waals surface area contributed by atoms with Gasteiger partial charge in [0.15, 0.2) is 0 Å². The maximum atomic E-state index is 13.0. The van der Waals surface area contributed by atoms with Crippen LogP contribution < -0.4 is 14.8 Å². The number of hydrogen-bond acceptors (Lipinski definition) is 3. The van der Waals surface area contributed by atoms with Crippen LogP contribution in [0.4, 0.5) is 5.69 Å². The molecule has 0 heterocycles. The molecule has 162 valence electrons. The summed E-state index contributed by atoms with van der Waals surface area (Å²) in [5.41, 5.74) is 4.33. The van der Waals surface area contributed by atoms with Gasteiger partial charge >= 0.3 is 0 Å². The molecule has 4 rings (SSSR count). The van der Waals surface area contributed by atoms with Crippen LogP contribution in [-0.4, -0.2) is 12.5 Å². The van der Waals surface area contributed by atoms with Crippen LogP contribution in [0.3, 0.4) is 0 Å². The number of hydrogen-bond donors (Lipinski definition) is 1. The third-order valence-electron chi connectivity index (χ3n) is 5.40. The van der Waals surface area contributed by atoms with Crippen molar-refractivity contribution in [3.8, 4) is 11.5 Å². The van der Waals surface area contributed by atoms with Gasteiger partial charge in [-0.25, -0.2) is 0 Å². The summed E-state index contributed by atoms with van der Waals surface area (Å²) in [6, 6.07) is 25.6. The molecule has 0 aliphatic carbocycles. The second kappa shape index (κ2) is 9.56. The SMILES string of the molecule is CCOc1ccc(C(=O)Nc2cc(C)ccc2C)cc1COc1cccc2ccccc12. The first-order valence-electron chi connectivity index (χ1n) is 10.8. The average molecular weight is 426 g/mol. The van der Waals surface area contributed by atoms with Gasteiger partial charge in [-0.05, 0) is 67.6 Å². The zero-order valence-electron chi connectivity index (χ0n) is 18.6. The van der Waals surface area contributed by atoms with Crippen molar-refractivity contribution < 1.29 is 14.3 Å². The number of amides is 1.